The molecule has 0 radical (unpaired) electrons. The molecule has 0 aliphatic carbocycles. The predicted molar refractivity (Wildman–Crippen MR) is 61.3 cm³/mol. The second-order valence-corrected chi connectivity index (χ2v) is 3.31. The molecule has 16 heavy (non-hydrogen) atoms. The molecule has 0 unspecified atom stereocenters. The number of oxime groups is 1. The lowest BCUT2D eigenvalue weighted by atomic mass is 10.1. The average molecular weight is 221 g/mol. The van der Waals surface area contributed by atoms with Crippen molar-refractivity contribution in [1.29, 1.82) is 0 Å². The van der Waals surface area contributed by atoms with Crippen molar-refractivity contribution in [2.24, 2.45) is 10.9 Å². The average Bonchev–Trinajstić information content (AvgIpc) is 2.29. The Balaban J connectivity index is 2.68. The molecule has 1 aromatic rings. The lowest BCUT2D eigenvalue weighted by molar-refractivity contribution is -0.120. The third-order valence-corrected chi connectivity index (χ3v) is 2.10. The van der Waals surface area contributed by atoms with E-state index in [2.05, 4.69) is 10.5 Å². The number of amides is 1. The van der Waals surface area contributed by atoms with Gasteiger partial charge in [-0.05, 0) is 12.5 Å². The van der Waals surface area contributed by atoms with Crippen molar-refractivity contribution in [2.75, 3.05) is 6.54 Å². The minimum Gasteiger partial charge on any atom is -0.409 e. The Morgan fingerprint density at radius 2 is 2.06 bits per heavy atom. The third-order valence-electron chi connectivity index (χ3n) is 2.10. The summed E-state index contributed by atoms with van der Waals surface area (Å²) in [6.07, 6.45) is 0.338. The van der Waals surface area contributed by atoms with Gasteiger partial charge < -0.3 is 16.3 Å². The summed E-state index contributed by atoms with van der Waals surface area (Å²) in [4.78, 5) is 11.3. The number of likely N-dealkylation sites (N-methyl/N-ethyl adjacent to an activating group) is 1. The van der Waals surface area contributed by atoms with Gasteiger partial charge in [-0.1, -0.05) is 29.4 Å². The zero-order valence-corrected chi connectivity index (χ0v) is 9.10. The summed E-state index contributed by atoms with van der Waals surface area (Å²) in [6.45, 7) is 2.50. The highest BCUT2D eigenvalue weighted by Crippen LogP contribution is 2.05. The number of amidine groups is 1. The van der Waals surface area contributed by atoms with Crippen LogP contribution in [0.4, 0.5) is 0 Å². The maximum Gasteiger partial charge on any atom is 0.224 e. The van der Waals surface area contributed by atoms with Gasteiger partial charge >= 0.3 is 0 Å². The fourth-order valence-corrected chi connectivity index (χ4v) is 1.30. The van der Waals surface area contributed by atoms with E-state index in [1.807, 2.05) is 6.92 Å². The molecule has 0 saturated carbocycles. The summed E-state index contributed by atoms with van der Waals surface area (Å²) >= 11 is 0. The fourth-order valence-electron chi connectivity index (χ4n) is 1.30. The number of rotatable bonds is 4. The van der Waals surface area contributed by atoms with Crippen LogP contribution in [0.1, 0.15) is 18.1 Å². The molecule has 5 heteroatoms. The van der Waals surface area contributed by atoms with E-state index in [4.69, 9.17) is 10.9 Å². The summed E-state index contributed by atoms with van der Waals surface area (Å²) in [6, 6.07) is 6.98. The predicted octanol–water partition coefficient (Wildman–Crippen LogP) is 0.460. The molecule has 1 aromatic carbocycles. The number of hydrogen-bond acceptors (Lipinski definition) is 3. The first-order chi connectivity index (χ1) is 7.67. The molecule has 5 nitrogen and oxygen atoms in total. The van der Waals surface area contributed by atoms with Crippen LogP contribution < -0.4 is 11.1 Å². The van der Waals surface area contributed by atoms with E-state index in [-0.39, 0.29) is 11.7 Å². The summed E-state index contributed by atoms with van der Waals surface area (Å²) in [5.74, 6) is 0.0450. The first kappa shape index (κ1) is 12.0. The minimum atomic E-state index is -0.0148. The third kappa shape index (κ3) is 3.27. The van der Waals surface area contributed by atoms with Crippen LogP contribution in [-0.4, -0.2) is 23.5 Å². The van der Waals surface area contributed by atoms with E-state index in [9.17, 15) is 4.79 Å². The van der Waals surface area contributed by atoms with E-state index in [0.29, 0.717) is 18.5 Å². The highest BCUT2D eigenvalue weighted by atomic mass is 16.4. The summed E-state index contributed by atoms with van der Waals surface area (Å²) in [7, 11) is 0. The van der Waals surface area contributed by atoms with Gasteiger partial charge in [0, 0.05) is 12.1 Å². The first-order valence-electron chi connectivity index (χ1n) is 5.01. The molecule has 0 saturated heterocycles. The SMILES string of the molecule is CCNC(=O)Cc1ccc(C(N)=NO)cc1. The van der Waals surface area contributed by atoms with Crippen LogP contribution in [0.15, 0.2) is 29.4 Å². The standard InChI is InChI=1S/C11H15N3O2/c1-2-13-10(15)7-8-3-5-9(6-4-8)11(12)14-16/h3-6,16H,2,7H2,1H3,(H2,12,14)(H,13,15). The van der Waals surface area contributed by atoms with E-state index in [1.54, 1.807) is 24.3 Å². The van der Waals surface area contributed by atoms with Crippen LogP contribution in [0.25, 0.3) is 0 Å². The molecule has 0 bridgehead atoms. The molecule has 0 aliphatic heterocycles. The molecule has 86 valence electrons. The maximum absolute atomic E-state index is 11.3. The minimum absolute atomic E-state index is 0.0148. The Hall–Kier alpha value is -2.04. The van der Waals surface area contributed by atoms with E-state index >= 15 is 0 Å². The van der Waals surface area contributed by atoms with Crippen LogP contribution in [0.2, 0.25) is 0 Å². The molecule has 4 N–H and O–H groups in total. The normalized spacial score (nSPS) is 11.2. The van der Waals surface area contributed by atoms with Gasteiger partial charge in [0.25, 0.3) is 0 Å². The van der Waals surface area contributed by atoms with Gasteiger partial charge in [0.2, 0.25) is 5.91 Å². The topological polar surface area (TPSA) is 87.7 Å². The van der Waals surface area contributed by atoms with Crippen molar-refractivity contribution in [3.05, 3.63) is 35.4 Å². The van der Waals surface area contributed by atoms with Gasteiger partial charge in [-0.2, -0.15) is 0 Å². The lowest BCUT2D eigenvalue weighted by Gasteiger charge is -2.03. The highest BCUT2D eigenvalue weighted by molar-refractivity contribution is 5.97. The molecular formula is C11H15N3O2. The molecule has 0 spiro atoms. The zero-order chi connectivity index (χ0) is 12.0. The van der Waals surface area contributed by atoms with Gasteiger partial charge in [-0.25, -0.2) is 0 Å². The monoisotopic (exact) mass is 221 g/mol. The number of hydrogen-bond donors (Lipinski definition) is 3. The van der Waals surface area contributed by atoms with Gasteiger partial charge in [-0.3, -0.25) is 4.79 Å². The van der Waals surface area contributed by atoms with Crippen molar-refractivity contribution in [3.8, 4) is 0 Å². The van der Waals surface area contributed by atoms with Crippen LogP contribution in [0.5, 0.6) is 0 Å². The quantitative estimate of drug-likeness (QED) is 0.299. The number of nitrogens with two attached hydrogens (primary N) is 1. The van der Waals surface area contributed by atoms with Gasteiger partial charge in [0.05, 0.1) is 6.42 Å². The van der Waals surface area contributed by atoms with Crippen molar-refractivity contribution in [3.63, 3.8) is 0 Å². The number of nitrogens with zero attached hydrogens (tertiary/aromatic N) is 1. The summed E-state index contributed by atoms with van der Waals surface area (Å²) in [5.41, 5.74) is 6.93. The lowest BCUT2D eigenvalue weighted by Crippen LogP contribution is -2.24. The van der Waals surface area contributed by atoms with Crippen molar-refractivity contribution in [1.82, 2.24) is 5.32 Å². The second kappa shape index (κ2) is 5.75. The molecule has 0 fully saturated rings. The van der Waals surface area contributed by atoms with Gasteiger partial charge in [0.1, 0.15) is 0 Å². The summed E-state index contributed by atoms with van der Waals surface area (Å²) < 4.78 is 0. The molecule has 1 rings (SSSR count). The maximum atomic E-state index is 11.3. The van der Waals surface area contributed by atoms with Gasteiger partial charge in [-0.15, -0.1) is 0 Å². The van der Waals surface area contributed by atoms with Gasteiger partial charge in [0.15, 0.2) is 5.84 Å². The largest absolute Gasteiger partial charge is 0.409 e. The fraction of sp³-hybridized carbons (Fsp3) is 0.273. The molecule has 0 atom stereocenters. The molecule has 1 amide bonds. The summed E-state index contributed by atoms with van der Waals surface area (Å²) in [5, 5.41) is 14.1. The number of benzene rings is 1. The number of nitrogens with one attached hydrogen (secondary N) is 1. The highest BCUT2D eigenvalue weighted by Gasteiger charge is 2.03. The Bertz CT molecular complexity index is 385. The zero-order valence-electron chi connectivity index (χ0n) is 9.10. The van der Waals surface area contributed by atoms with E-state index < -0.39 is 0 Å². The number of carbonyl (C=O) groups excluding carboxylic acids is 1. The number of carbonyl (C=O) groups is 1. The molecular weight excluding hydrogens is 206 g/mol. The van der Waals surface area contributed by atoms with Crippen molar-refractivity contribution in [2.45, 2.75) is 13.3 Å². The Morgan fingerprint density at radius 3 is 2.56 bits per heavy atom. The first-order valence-corrected chi connectivity index (χ1v) is 5.01. The Kier molecular flexibility index (Phi) is 4.32. The van der Waals surface area contributed by atoms with Crippen LogP contribution in [0.3, 0.4) is 0 Å². The van der Waals surface area contributed by atoms with E-state index in [0.717, 1.165) is 5.56 Å². The second-order valence-electron chi connectivity index (χ2n) is 3.31. The molecule has 0 aromatic heterocycles. The molecule has 0 heterocycles. The van der Waals surface area contributed by atoms with Crippen LogP contribution in [0, 0.1) is 0 Å². The van der Waals surface area contributed by atoms with Crippen molar-refractivity contribution >= 4 is 11.7 Å². The Morgan fingerprint density at radius 1 is 1.44 bits per heavy atom. The smallest absolute Gasteiger partial charge is 0.224 e. The van der Waals surface area contributed by atoms with E-state index in [1.165, 1.54) is 0 Å². The van der Waals surface area contributed by atoms with Crippen LogP contribution in [-0.2, 0) is 11.2 Å². The van der Waals surface area contributed by atoms with Crippen LogP contribution >= 0.6 is 0 Å². The molecule has 0 aliphatic rings. The Labute approximate surface area is 94.0 Å². The van der Waals surface area contributed by atoms with Crippen molar-refractivity contribution < 1.29 is 10.0 Å².